The summed E-state index contributed by atoms with van der Waals surface area (Å²) in [7, 11) is 0. The average Bonchev–Trinajstić information content (AvgIpc) is 2.95. The summed E-state index contributed by atoms with van der Waals surface area (Å²) < 4.78 is 0. The number of nitrogens with zero attached hydrogens (tertiary/aromatic N) is 3. The quantitative estimate of drug-likeness (QED) is 0.836. The first-order valence-corrected chi connectivity index (χ1v) is 9.06. The predicted molar refractivity (Wildman–Crippen MR) is 98.8 cm³/mol. The molecule has 0 saturated carbocycles. The molecule has 3 N–H and O–H groups in total. The van der Waals surface area contributed by atoms with Crippen LogP contribution in [-0.2, 0) is 11.3 Å². The van der Waals surface area contributed by atoms with Crippen LogP contribution in [0.25, 0.3) is 11.0 Å². The minimum absolute atomic E-state index is 0.0159. The molecule has 26 heavy (non-hydrogen) atoms. The Morgan fingerprint density at radius 2 is 2.12 bits per heavy atom. The summed E-state index contributed by atoms with van der Waals surface area (Å²) in [6.07, 6.45) is 3.23. The van der Waals surface area contributed by atoms with Crippen LogP contribution >= 0.6 is 11.6 Å². The van der Waals surface area contributed by atoms with Gasteiger partial charge in [-0.25, -0.2) is 4.98 Å². The molecule has 2 aromatic rings. The van der Waals surface area contributed by atoms with Gasteiger partial charge >= 0.3 is 0 Å². The first-order chi connectivity index (χ1) is 12.2. The van der Waals surface area contributed by atoms with Crippen molar-refractivity contribution in [2.75, 3.05) is 13.1 Å². The zero-order chi connectivity index (χ0) is 18.8. The van der Waals surface area contributed by atoms with Crippen LogP contribution in [0.15, 0.2) is 12.4 Å². The third-order valence-electron chi connectivity index (χ3n) is 5.16. The summed E-state index contributed by atoms with van der Waals surface area (Å²) in [4.78, 5) is 37.0. The number of nitrogens with two attached hydrogens (primary N) is 1. The number of pyridine rings is 1. The summed E-state index contributed by atoms with van der Waals surface area (Å²) in [6.45, 7) is 7.26. The van der Waals surface area contributed by atoms with E-state index >= 15 is 0 Å². The lowest BCUT2D eigenvalue weighted by Gasteiger charge is -2.46. The molecule has 0 unspecified atom stereocenters. The highest BCUT2D eigenvalue weighted by Crippen LogP contribution is 2.37. The van der Waals surface area contributed by atoms with Gasteiger partial charge in [-0.3, -0.25) is 9.59 Å². The van der Waals surface area contributed by atoms with Gasteiger partial charge in [0.05, 0.1) is 10.6 Å². The summed E-state index contributed by atoms with van der Waals surface area (Å²) in [5, 5.41) is 1.26. The first kappa shape index (κ1) is 17.3. The third-order valence-corrected chi connectivity index (χ3v) is 5.49. The molecule has 1 atom stereocenters. The van der Waals surface area contributed by atoms with Crippen LogP contribution in [0.2, 0.25) is 5.02 Å². The summed E-state index contributed by atoms with van der Waals surface area (Å²) >= 11 is 6.37. The van der Waals surface area contributed by atoms with Crippen LogP contribution in [0.5, 0.6) is 0 Å². The van der Waals surface area contributed by atoms with Crippen molar-refractivity contribution in [2.45, 2.75) is 39.4 Å². The van der Waals surface area contributed by atoms with Gasteiger partial charge in [0.1, 0.15) is 11.7 Å². The number of aromatic amines is 1. The third kappa shape index (κ3) is 2.49. The van der Waals surface area contributed by atoms with Crippen LogP contribution in [0.3, 0.4) is 0 Å². The number of H-pyrrole nitrogens is 1. The number of aromatic nitrogens is 2. The number of hydrogen-bond donors (Lipinski definition) is 2. The van der Waals surface area contributed by atoms with E-state index in [4.69, 9.17) is 17.3 Å². The highest BCUT2D eigenvalue weighted by Gasteiger charge is 2.45. The second kappa shape index (κ2) is 5.69. The van der Waals surface area contributed by atoms with Gasteiger partial charge < -0.3 is 20.5 Å². The van der Waals surface area contributed by atoms with Crippen LogP contribution in [0.4, 0.5) is 0 Å². The molecule has 8 heteroatoms. The van der Waals surface area contributed by atoms with Crippen molar-refractivity contribution in [1.82, 2.24) is 19.8 Å². The molecule has 138 valence electrons. The minimum Gasteiger partial charge on any atom is -0.345 e. The van der Waals surface area contributed by atoms with Crippen molar-refractivity contribution in [1.29, 1.82) is 0 Å². The van der Waals surface area contributed by atoms with Crippen molar-refractivity contribution < 1.29 is 9.59 Å². The monoisotopic (exact) mass is 375 g/mol. The molecule has 7 nitrogen and oxygen atoms in total. The lowest BCUT2D eigenvalue weighted by Crippen LogP contribution is -2.65. The Kier molecular flexibility index (Phi) is 3.79. The first-order valence-electron chi connectivity index (χ1n) is 8.68. The fourth-order valence-electron chi connectivity index (χ4n) is 3.90. The second-order valence-electron chi connectivity index (χ2n) is 8.22. The summed E-state index contributed by atoms with van der Waals surface area (Å²) in [6, 6.07) is -0.577. The highest BCUT2D eigenvalue weighted by atomic mass is 35.5. The Bertz CT molecular complexity index is 910. The number of nitrogens with one attached hydrogen (secondary N) is 1. The number of halogens is 1. The Hall–Kier alpha value is -2.12. The summed E-state index contributed by atoms with van der Waals surface area (Å²) in [5.74, 6) is -0.237. The van der Waals surface area contributed by atoms with E-state index in [2.05, 4.69) is 9.97 Å². The standard InChI is InChI=1S/C18H22ClN5O2/c1-18(2,3)14(17(26)23-6-9(20)7-23)24-8-11-12(19)5-22-15-13(11)10(4-21-15)16(24)25/h4-5,9,14H,6-8,20H2,1-3H3,(H,21,22)/t14-/m0/s1. The van der Waals surface area contributed by atoms with E-state index in [1.807, 2.05) is 20.8 Å². The number of carbonyl (C=O) groups is 2. The Balaban J connectivity index is 1.77. The van der Waals surface area contributed by atoms with Gasteiger partial charge in [-0.2, -0.15) is 0 Å². The van der Waals surface area contributed by atoms with Gasteiger partial charge in [-0.05, 0) is 5.41 Å². The molecule has 2 aliphatic rings. The average molecular weight is 376 g/mol. The molecule has 2 amide bonds. The van der Waals surface area contributed by atoms with Crippen molar-refractivity contribution in [3.63, 3.8) is 0 Å². The number of rotatable bonds is 2. The number of hydrogen-bond acceptors (Lipinski definition) is 4. The molecule has 0 spiro atoms. The van der Waals surface area contributed by atoms with Crippen LogP contribution < -0.4 is 5.73 Å². The van der Waals surface area contributed by atoms with Crippen LogP contribution in [-0.4, -0.2) is 56.8 Å². The topological polar surface area (TPSA) is 95.3 Å². The molecule has 2 aliphatic heterocycles. The maximum atomic E-state index is 13.2. The fraction of sp³-hybridized carbons (Fsp3) is 0.500. The van der Waals surface area contributed by atoms with Crippen molar-refractivity contribution >= 4 is 34.4 Å². The SMILES string of the molecule is CC(C)(C)[C@H](C(=O)N1CC(N)C1)N1Cc2c(Cl)cnc3[nH]cc(c23)C1=O. The van der Waals surface area contributed by atoms with Crippen molar-refractivity contribution in [3.8, 4) is 0 Å². The van der Waals surface area contributed by atoms with E-state index < -0.39 is 11.5 Å². The van der Waals surface area contributed by atoms with E-state index in [1.165, 1.54) is 0 Å². The maximum Gasteiger partial charge on any atom is 0.257 e. The lowest BCUT2D eigenvalue weighted by atomic mass is 9.82. The molecule has 0 aromatic carbocycles. The fourth-order valence-corrected chi connectivity index (χ4v) is 4.11. The molecule has 0 bridgehead atoms. The lowest BCUT2D eigenvalue weighted by molar-refractivity contribution is -0.144. The van der Waals surface area contributed by atoms with Gasteiger partial charge in [0.2, 0.25) is 5.91 Å². The molecule has 0 radical (unpaired) electrons. The highest BCUT2D eigenvalue weighted by molar-refractivity contribution is 6.32. The Morgan fingerprint density at radius 1 is 1.42 bits per heavy atom. The zero-order valence-electron chi connectivity index (χ0n) is 15.0. The molecular formula is C18H22ClN5O2. The van der Waals surface area contributed by atoms with Crippen molar-refractivity contribution in [2.24, 2.45) is 11.1 Å². The van der Waals surface area contributed by atoms with E-state index in [0.717, 1.165) is 10.9 Å². The van der Waals surface area contributed by atoms with E-state index in [-0.39, 0.29) is 24.4 Å². The minimum atomic E-state index is -0.593. The molecular weight excluding hydrogens is 354 g/mol. The molecule has 1 fully saturated rings. The van der Waals surface area contributed by atoms with E-state index in [0.29, 0.717) is 29.3 Å². The number of likely N-dealkylation sites (tertiary alicyclic amines) is 1. The summed E-state index contributed by atoms with van der Waals surface area (Å²) in [5.41, 5.74) is 7.39. The predicted octanol–water partition coefficient (Wildman–Crippen LogP) is 1.76. The maximum absolute atomic E-state index is 13.2. The molecule has 1 saturated heterocycles. The van der Waals surface area contributed by atoms with Crippen LogP contribution in [0, 0.1) is 5.41 Å². The normalized spacial score (nSPS) is 19.0. The molecule has 4 heterocycles. The molecule has 0 aliphatic carbocycles. The van der Waals surface area contributed by atoms with E-state index in [1.54, 1.807) is 22.2 Å². The van der Waals surface area contributed by atoms with E-state index in [9.17, 15) is 9.59 Å². The molecule has 4 rings (SSSR count). The van der Waals surface area contributed by atoms with Gasteiger partial charge in [0, 0.05) is 49.0 Å². The van der Waals surface area contributed by atoms with Gasteiger partial charge in [-0.1, -0.05) is 32.4 Å². The largest absolute Gasteiger partial charge is 0.345 e. The van der Waals surface area contributed by atoms with Crippen molar-refractivity contribution in [3.05, 3.63) is 28.5 Å². The Labute approximate surface area is 156 Å². The smallest absolute Gasteiger partial charge is 0.257 e. The second-order valence-corrected chi connectivity index (χ2v) is 8.62. The molecule has 2 aromatic heterocycles. The van der Waals surface area contributed by atoms with Gasteiger partial charge in [-0.15, -0.1) is 0 Å². The number of carbonyl (C=O) groups excluding carboxylic acids is 2. The van der Waals surface area contributed by atoms with Gasteiger partial charge in [0.15, 0.2) is 0 Å². The van der Waals surface area contributed by atoms with Gasteiger partial charge in [0.25, 0.3) is 5.91 Å². The number of amides is 2. The Morgan fingerprint density at radius 3 is 2.73 bits per heavy atom. The zero-order valence-corrected chi connectivity index (χ0v) is 15.8. The van der Waals surface area contributed by atoms with Crippen LogP contribution in [0.1, 0.15) is 36.7 Å².